The van der Waals surface area contributed by atoms with Crippen LogP contribution in [-0.2, 0) is 32.2 Å². The topological polar surface area (TPSA) is 83.8 Å². The van der Waals surface area contributed by atoms with Crippen LogP contribution in [0.1, 0.15) is 28.4 Å². The SMILES string of the molecule is Cn1c(CO)cnc1SCc1nc2sc3c(c2c(=O)[nH]1)CCC3. The number of hydrogen-bond donors (Lipinski definition) is 2. The van der Waals surface area contributed by atoms with Crippen LogP contribution in [-0.4, -0.2) is 24.6 Å². The first kappa shape index (κ1) is 14.9. The maximum Gasteiger partial charge on any atom is 0.259 e. The van der Waals surface area contributed by atoms with Crippen molar-refractivity contribution in [3.8, 4) is 0 Å². The quantitative estimate of drug-likeness (QED) is 0.705. The van der Waals surface area contributed by atoms with E-state index in [1.165, 1.54) is 22.2 Å². The van der Waals surface area contributed by atoms with Crippen LogP contribution in [0.3, 0.4) is 0 Å². The number of H-pyrrole nitrogens is 1. The molecule has 0 amide bonds. The van der Waals surface area contributed by atoms with E-state index in [9.17, 15) is 9.90 Å². The molecule has 2 N–H and O–H groups in total. The Morgan fingerprint density at radius 3 is 3.13 bits per heavy atom. The fourth-order valence-corrected chi connectivity index (χ4v) is 5.08. The summed E-state index contributed by atoms with van der Waals surface area (Å²) in [4.78, 5) is 26.4. The number of thioether (sulfide) groups is 1. The average molecular weight is 348 g/mol. The second-order valence-corrected chi connectivity index (χ2v) is 7.61. The molecule has 0 fully saturated rings. The monoisotopic (exact) mass is 348 g/mol. The number of rotatable bonds is 4. The molecule has 0 aliphatic heterocycles. The maximum absolute atomic E-state index is 12.4. The maximum atomic E-state index is 12.4. The number of fused-ring (bicyclic) bond motifs is 3. The highest BCUT2D eigenvalue weighted by Crippen LogP contribution is 2.34. The Morgan fingerprint density at radius 2 is 2.35 bits per heavy atom. The summed E-state index contributed by atoms with van der Waals surface area (Å²) in [5.41, 5.74) is 1.94. The third-order valence-electron chi connectivity index (χ3n) is 4.17. The number of aromatic nitrogens is 4. The van der Waals surface area contributed by atoms with E-state index in [4.69, 9.17) is 0 Å². The Morgan fingerprint density at radius 1 is 1.48 bits per heavy atom. The molecule has 0 radical (unpaired) electrons. The molecule has 120 valence electrons. The fourth-order valence-electron chi connectivity index (χ4n) is 2.95. The van der Waals surface area contributed by atoms with Gasteiger partial charge >= 0.3 is 0 Å². The van der Waals surface area contributed by atoms with Crippen molar-refractivity contribution < 1.29 is 5.11 Å². The molecule has 3 aromatic heterocycles. The number of aryl methyl sites for hydroxylation is 2. The predicted molar refractivity (Wildman–Crippen MR) is 91.0 cm³/mol. The summed E-state index contributed by atoms with van der Waals surface area (Å²) in [5, 5.41) is 10.8. The van der Waals surface area contributed by atoms with Crippen molar-refractivity contribution in [2.24, 2.45) is 7.05 Å². The highest BCUT2D eigenvalue weighted by atomic mass is 32.2. The van der Waals surface area contributed by atoms with Gasteiger partial charge in [-0.3, -0.25) is 4.79 Å². The summed E-state index contributed by atoms with van der Waals surface area (Å²) in [7, 11) is 1.87. The zero-order valence-electron chi connectivity index (χ0n) is 12.6. The van der Waals surface area contributed by atoms with Crippen molar-refractivity contribution in [3.63, 3.8) is 0 Å². The van der Waals surface area contributed by atoms with E-state index < -0.39 is 0 Å². The van der Waals surface area contributed by atoms with Crippen molar-refractivity contribution in [3.05, 3.63) is 38.5 Å². The van der Waals surface area contributed by atoms with Gasteiger partial charge in [-0.05, 0) is 24.8 Å². The van der Waals surface area contributed by atoms with E-state index in [1.807, 2.05) is 11.6 Å². The Kier molecular flexibility index (Phi) is 3.74. The van der Waals surface area contributed by atoms with Gasteiger partial charge in [-0.1, -0.05) is 11.8 Å². The summed E-state index contributed by atoms with van der Waals surface area (Å²) in [6.07, 6.45) is 4.86. The van der Waals surface area contributed by atoms with E-state index >= 15 is 0 Å². The van der Waals surface area contributed by atoms with Gasteiger partial charge in [0.15, 0.2) is 5.16 Å². The van der Waals surface area contributed by atoms with E-state index in [0.29, 0.717) is 11.6 Å². The van der Waals surface area contributed by atoms with Gasteiger partial charge in [0.05, 0.1) is 29.6 Å². The van der Waals surface area contributed by atoms with Crippen LogP contribution in [0.4, 0.5) is 0 Å². The lowest BCUT2D eigenvalue weighted by Gasteiger charge is -2.04. The highest BCUT2D eigenvalue weighted by Gasteiger charge is 2.21. The zero-order valence-corrected chi connectivity index (χ0v) is 14.3. The van der Waals surface area contributed by atoms with Crippen molar-refractivity contribution >= 4 is 33.3 Å². The van der Waals surface area contributed by atoms with Crippen LogP contribution in [0, 0.1) is 0 Å². The van der Waals surface area contributed by atoms with E-state index in [0.717, 1.165) is 40.3 Å². The summed E-state index contributed by atoms with van der Waals surface area (Å²) in [5.74, 6) is 1.21. The summed E-state index contributed by atoms with van der Waals surface area (Å²) < 4.78 is 1.85. The lowest BCUT2D eigenvalue weighted by atomic mass is 10.2. The van der Waals surface area contributed by atoms with Crippen molar-refractivity contribution in [1.82, 2.24) is 19.5 Å². The molecule has 0 saturated heterocycles. The van der Waals surface area contributed by atoms with Crippen LogP contribution < -0.4 is 5.56 Å². The summed E-state index contributed by atoms with van der Waals surface area (Å²) in [6.45, 7) is -0.0359. The number of nitrogens with zero attached hydrogens (tertiary/aromatic N) is 3. The second kappa shape index (κ2) is 5.77. The molecule has 0 aromatic carbocycles. The van der Waals surface area contributed by atoms with Gasteiger partial charge in [-0.15, -0.1) is 11.3 Å². The first-order valence-corrected chi connectivity index (χ1v) is 9.25. The highest BCUT2D eigenvalue weighted by molar-refractivity contribution is 7.98. The Bertz CT molecular complexity index is 941. The number of aromatic amines is 1. The number of nitrogens with one attached hydrogen (secondary N) is 1. The van der Waals surface area contributed by atoms with Crippen LogP contribution in [0.15, 0.2) is 16.1 Å². The zero-order chi connectivity index (χ0) is 16.0. The van der Waals surface area contributed by atoms with E-state index in [-0.39, 0.29) is 12.2 Å². The first-order chi connectivity index (χ1) is 11.2. The number of imidazole rings is 1. The third-order valence-corrected chi connectivity index (χ3v) is 6.41. The molecule has 0 unspecified atom stereocenters. The molecular weight excluding hydrogens is 332 g/mol. The van der Waals surface area contributed by atoms with Gasteiger partial charge in [0.25, 0.3) is 5.56 Å². The predicted octanol–water partition coefficient (Wildman–Crippen LogP) is 1.99. The van der Waals surface area contributed by atoms with E-state index in [1.54, 1.807) is 17.5 Å². The molecule has 8 heteroatoms. The number of hydrogen-bond acceptors (Lipinski definition) is 6. The average Bonchev–Trinajstić information content (AvgIpc) is 3.19. The van der Waals surface area contributed by atoms with Crippen molar-refractivity contribution in [1.29, 1.82) is 0 Å². The summed E-state index contributed by atoms with van der Waals surface area (Å²) in [6, 6.07) is 0. The molecule has 4 rings (SSSR count). The molecular formula is C15H16N4O2S2. The number of aliphatic hydroxyl groups excluding tert-OH is 1. The second-order valence-electron chi connectivity index (χ2n) is 5.59. The molecule has 3 aromatic rings. The standard InChI is InChI=1S/C15H16N4O2S2/c1-19-8(6-20)5-16-15(19)22-7-11-17-13(21)12-9-3-2-4-10(9)23-14(12)18-11/h5,20H,2-4,6-7H2,1H3,(H,17,18,21). The van der Waals surface area contributed by atoms with Gasteiger partial charge in [0.2, 0.25) is 0 Å². The Hall–Kier alpha value is -1.64. The van der Waals surface area contributed by atoms with Gasteiger partial charge in [-0.25, -0.2) is 9.97 Å². The van der Waals surface area contributed by atoms with Crippen molar-refractivity contribution in [2.45, 2.75) is 36.8 Å². The molecule has 23 heavy (non-hydrogen) atoms. The molecule has 0 atom stereocenters. The smallest absolute Gasteiger partial charge is 0.259 e. The number of aliphatic hydroxyl groups is 1. The normalized spacial score (nSPS) is 13.8. The molecule has 0 spiro atoms. The van der Waals surface area contributed by atoms with Crippen molar-refractivity contribution in [2.75, 3.05) is 0 Å². The van der Waals surface area contributed by atoms with Gasteiger partial charge in [0.1, 0.15) is 10.7 Å². The molecule has 0 saturated carbocycles. The van der Waals surface area contributed by atoms with Crippen LogP contribution in [0.2, 0.25) is 0 Å². The molecule has 1 aliphatic carbocycles. The van der Waals surface area contributed by atoms with Crippen LogP contribution >= 0.6 is 23.1 Å². The lowest BCUT2D eigenvalue weighted by Crippen LogP contribution is -2.11. The molecule has 6 nitrogen and oxygen atoms in total. The molecule has 0 bridgehead atoms. The van der Waals surface area contributed by atoms with Gasteiger partial charge in [-0.2, -0.15) is 0 Å². The number of thiophene rings is 1. The third kappa shape index (κ3) is 2.50. The summed E-state index contributed by atoms with van der Waals surface area (Å²) >= 11 is 3.15. The van der Waals surface area contributed by atoms with Crippen LogP contribution in [0.5, 0.6) is 0 Å². The van der Waals surface area contributed by atoms with E-state index in [2.05, 4.69) is 15.0 Å². The van der Waals surface area contributed by atoms with Gasteiger partial charge < -0.3 is 14.7 Å². The van der Waals surface area contributed by atoms with Gasteiger partial charge in [0, 0.05) is 11.9 Å². The molecule has 3 heterocycles. The largest absolute Gasteiger partial charge is 0.390 e. The Balaban J connectivity index is 1.62. The molecule has 1 aliphatic rings. The minimum Gasteiger partial charge on any atom is -0.390 e. The lowest BCUT2D eigenvalue weighted by molar-refractivity contribution is 0.271. The Labute approximate surface area is 140 Å². The first-order valence-electron chi connectivity index (χ1n) is 7.45. The minimum absolute atomic E-state index is 0.0270. The minimum atomic E-state index is -0.0359. The van der Waals surface area contributed by atoms with Crippen LogP contribution in [0.25, 0.3) is 10.2 Å². The fraction of sp³-hybridized carbons (Fsp3) is 0.400.